The lowest BCUT2D eigenvalue weighted by molar-refractivity contribution is -0.137. The molecule has 1 amide bonds. The van der Waals surface area contributed by atoms with Gasteiger partial charge >= 0.3 is 6.18 Å². The Morgan fingerprint density at radius 2 is 1.61 bits per heavy atom. The van der Waals surface area contributed by atoms with E-state index >= 15 is 0 Å². The Labute approximate surface area is 135 Å². The number of rotatable bonds is 1. The number of hydrogen-bond donors (Lipinski definition) is 0. The molecule has 3 nitrogen and oxygen atoms in total. The Kier molecular flexibility index (Phi) is 4.64. The van der Waals surface area contributed by atoms with E-state index in [4.69, 9.17) is 0 Å². The monoisotopic (exact) mass is 328 g/mol. The molecule has 1 aliphatic heterocycles. The second-order valence-corrected chi connectivity index (χ2v) is 6.97. The number of halogens is 3. The molecule has 0 spiro atoms. The molecule has 0 atom stereocenters. The fraction of sp³-hybridized carbons (Fsp3) is 0.588. The molecule has 1 saturated heterocycles. The van der Waals surface area contributed by atoms with Crippen LogP contribution in [0.2, 0.25) is 0 Å². The van der Waals surface area contributed by atoms with Crippen LogP contribution >= 0.6 is 0 Å². The number of benzene rings is 1. The minimum absolute atomic E-state index is 0.0382. The van der Waals surface area contributed by atoms with E-state index in [1.807, 2.05) is 20.8 Å². The molecule has 23 heavy (non-hydrogen) atoms. The van der Waals surface area contributed by atoms with Gasteiger partial charge in [0.2, 0.25) is 5.91 Å². The number of carbonyl (C=O) groups excluding carboxylic acids is 1. The predicted octanol–water partition coefficient (Wildman–Crippen LogP) is 3.67. The van der Waals surface area contributed by atoms with Crippen molar-refractivity contribution in [3.05, 3.63) is 29.3 Å². The SMILES string of the molecule is CC(=O)N1CCN(c2ccc(C(C)(C)C)cc2C(F)(F)F)CC1. The molecule has 1 aliphatic rings. The maximum atomic E-state index is 13.5. The topological polar surface area (TPSA) is 23.6 Å². The summed E-state index contributed by atoms with van der Waals surface area (Å²) >= 11 is 0. The third-order valence-corrected chi connectivity index (χ3v) is 4.23. The van der Waals surface area contributed by atoms with Crippen molar-refractivity contribution in [1.82, 2.24) is 4.90 Å². The molecule has 128 valence electrons. The Morgan fingerprint density at radius 1 is 1.04 bits per heavy atom. The highest BCUT2D eigenvalue weighted by Gasteiger charge is 2.36. The van der Waals surface area contributed by atoms with Crippen LogP contribution in [0.4, 0.5) is 18.9 Å². The van der Waals surface area contributed by atoms with Gasteiger partial charge in [0, 0.05) is 38.8 Å². The Morgan fingerprint density at radius 3 is 2.04 bits per heavy atom. The van der Waals surface area contributed by atoms with Crippen molar-refractivity contribution >= 4 is 11.6 Å². The molecular formula is C17H23F3N2O. The summed E-state index contributed by atoms with van der Waals surface area (Å²) < 4.78 is 40.5. The van der Waals surface area contributed by atoms with Gasteiger partial charge in [0.25, 0.3) is 0 Å². The highest BCUT2D eigenvalue weighted by Crippen LogP contribution is 2.39. The second-order valence-electron chi connectivity index (χ2n) is 6.97. The maximum absolute atomic E-state index is 13.5. The van der Waals surface area contributed by atoms with Crippen LogP contribution in [-0.2, 0) is 16.4 Å². The Bertz CT molecular complexity index is 582. The van der Waals surface area contributed by atoms with Crippen molar-refractivity contribution < 1.29 is 18.0 Å². The smallest absolute Gasteiger partial charge is 0.367 e. The lowest BCUT2D eigenvalue weighted by Crippen LogP contribution is -2.48. The van der Waals surface area contributed by atoms with Crippen LogP contribution < -0.4 is 4.90 Å². The van der Waals surface area contributed by atoms with E-state index in [0.29, 0.717) is 31.7 Å². The number of nitrogens with zero attached hydrogens (tertiary/aromatic N) is 2. The fourth-order valence-corrected chi connectivity index (χ4v) is 2.77. The summed E-state index contributed by atoms with van der Waals surface area (Å²) in [6.45, 7) is 8.90. The minimum Gasteiger partial charge on any atom is -0.367 e. The van der Waals surface area contributed by atoms with Gasteiger partial charge in [-0.3, -0.25) is 4.79 Å². The molecule has 0 radical (unpaired) electrons. The van der Waals surface area contributed by atoms with Crippen molar-refractivity contribution in [2.24, 2.45) is 0 Å². The average Bonchev–Trinajstić information content (AvgIpc) is 2.45. The van der Waals surface area contributed by atoms with Gasteiger partial charge in [-0.2, -0.15) is 13.2 Å². The van der Waals surface area contributed by atoms with Crippen molar-refractivity contribution in [3.8, 4) is 0 Å². The first kappa shape index (κ1) is 17.6. The van der Waals surface area contributed by atoms with E-state index in [2.05, 4.69) is 0 Å². The van der Waals surface area contributed by atoms with Gasteiger partial charge in [-0.05, 0) is 23.1 Å². The molecule has 1 aromatic carbocycles. The van der Waals surface area contributed by atoms with Gasteiger partial charge in [-0.15, -0.1) is 0 Å². The standard InChI is InChI=1S/C17H23F3N2O/c1-12(23)21-7-9-22(10-8-21)15-6-5-13(16(2,3)4)11-14(15)17(18,19)20/h5-6,11H,7-10H2,1-4H3. The first-order chi connectivity index (χ1) is 10.5. The van der Waals surface area contributed by atoms with Gasteiger partial charge in [-0.1, -0.05) is 26.8 Å². The minimum atomic E-state index is -4.39. The van der Waals surface area contributed by atoms with Crippen LogP contribution in [0, 0.1) is 0 Å². The maximum Gasteiger partial charge on any atom is 0.418 e. The number of hydrogen-bond acceptors (Lipinski definition) is 2. The highest BCUT2D eigenvalue weighted by atomic mass is 19.4. The Hall–Kier alpha value is -1.72. The lowest BCUT2D eigenvalue weighted by atomic mass is 9.85. The molecule has 0 aromatic heterocycles. The molecule has 1 heterocycles. The first-order valence-corrected chi connectivity index (χ1v) is 7.72. The molecular weight excluding hydrogens is 305 g/mol. The van der Waals surface area contributed by atoms with E-state index in [1.54, 1.807) is 21.9 Å². The number of carbonyl (C=O) groups is 1. The summed E-state index contributed by atoms with van der Waals surface area (Å²) in [6.07, 6.45) is -4.39. The third-order valence-electron chi connectivity index (χ3n) is 4.23. The van der Waals surface area contributed by atoms with E-state index in [9.17, 15) is 18.0 Å². The predicted molar refractivity (Wildman–Crippen MR) is 84.6 cm³/mol. The summed E-state index contributed by atoms with van der Waals surface area (Å²) in [7, 11) is 0. The van der Waals surface area contributed by atoms with Crippen molar-refractivity contribution in [1.29, 1.82) is 0 Å². The summed E-state index contributed by atoms with van der Waals surface area (Å²) in [6, 6.07) is 4.58. The normalized spacial score (nSPS) is 16.7. The third kappa shape index (κ3) is 3.98. The van der Waals surface area contributed by atoms with Gasteiger partial charge in [0.1, 0.15) is 0 Å². The molecule has 0 bridgehead atoms. The van der Waals surface area contributed by atoms with E-state index in [0.717, 1.165) is 0 Å². The number of alkyl halides is 3. The summed E-state index contributed by atoms with van der Waals surface area (Å²) in [5.74, 6) is -0.0382. The molecule has 2 rings (SSSR count). The molecule has 0 aliphatic carbocycles. The highest BCUT2D eigenvalue weighted by molar-refractivity contribution is 5.73. The zero-order chi connectivity index (χ0) is 17.4. The largest absolute Gasteiger partial charge is 0.418 e. The van der Waals surface area contributed by atoms with Crippen LogP contribution in [0.5, 0.6) is 0 Å². The fourth-order valence-electron chi connectivity index (χ4n) is 2.77. The molecule has 1 aromatic rings. The summed E-state index contributed by atoms with van der Waals surface area (Å²) in [5.41, 5.74) is -0.0721. The quantitative estimate of drug-likeness (QED) is 0.785. The zero-order valence-electron chi connectivity index (χ0n) is 14.0. The number of anilines is 1. The molecule has 0 saturated carbocycles. The molecule has 0 N–H and O–H groups in total. The van der Waals surface area contributed by atoms with E-state index in [1.165, 1.54) is 13.0 Å². The van der Waals surface area contributed by atoms with Crippen LogP contribution in [0.3, 0.4) is 0 Å². The Balaban J connectivity index is 2.34. The van der Waals surface area contributed by atoms with Crippen LogP contribution in [0.1, 0.15) is 38.8 Å². The van der Waals surface area contributed by atoms with Crippen molar-refractivity contribution in [2.75, 3.05) is 31.1 Å². The van der Waals surface area contributed by atoms with Gasteiger partial charge in [0.15, 0.2) is 0 Å². The zero-order valence-corrected chi connectivity index (χ0v) is 14.0. The number of amides is 1. The van der Waals surface area contributed by atoms with Crippen LogP contribution in [0.15, 0.2) is 18.2 Å². The van der Waals surface area contributed by atoms with Crippen molar-refractivity contribution in [3.63, 3.8) is 0 Å². The van der Waals surface area contributed by atoms with E-state index in [-0.39, 0.29) is 17.0 Å². The number of piperazine rings is 1. The lowest BCUT2D eigenvalue weighted by Gasteiger charge is -2.37. The molecule has 6 heteroatoms. The average molecular weight is 328 g/mol. The first-order valence-electron chi connectivity index (χ1n) is 7.72. The van der Waals surface area contributed by atoms with Crippen molar-refractivity contribution in [2.45, 2.75) is 39.3 Å². The van der Waals surface area contributed by atoms with Gasteiger partial charge in [-0.25, -0.2) is 0 Å². The van der Waals surface area contributed by atoms with Crippen LogP contribution in [-0.4, -0.2) is 37.0 Å². The van der Waals surface area contributed by atoms with Crippen LogP contribution in [0.25, 0.3) is 0 Å². The second kappa shape index (κ2) is 6.06. The molecule has 0 unspecified atom stereocenters. The summed E-state index contributed by atoms with van der Waals surface area (Å²) in [4.78, 5) is 14.7. The molecule has 1 fully saturated rings. The van der Waals surface area contributed by atoms with Gasteiger partial charge < -0.3 is 9.80 Å². The van der Waals surface area contributed by atoms with Gasteiger partial charge in [0.05, 0.1) is 5.56 Å². The van der Waals surface area contributed by atoms with E-state index < -0.39 is 11.7 Å². The summed E-state index contributed by atoms with van der Waals surface area (Å²) in [5, 5.41) is 0.